The molecule has 0 saturated heterocycles. The molecule has 0 radical (unpaired) electrons. The molecule has 6 heteroatoms. The van der Waals surface area contributed by atoms with E-state index in [-0.39, 0.29) is 11.5 Å². The molecule has 0 saturated carbocycles. The summed E-state index contributed by atoms with van der Waals surface area (Å²) in [6.45, 7) is 3.67. The quantitative estimate of drug-likeness (QED) is 0.802. The first-order chi connectivity index (χ1) is 9.52. The summed E-state index contributed by atoms with van der Waals surface area (Å²) in [7, 11) is 0. The minimum absolute atomic E-state index is 0.134. The fraction of sp³-hybridized carbons (Fsp3) is 0.286. The van der Waals surface area contributed by atoms with Gasteiger partial charge in [-0.25, -0.2) is 4.39 Å². The normalized spacial score (nSPS) is 10.6. The third-order valence-corrected chi connectivity index (χ3v) is 3.03. The molecule has 0 aliphatic rings. The molecule has 0 spiro atoms. The first-order valence-corrected chi connectivity index (χ1v) is 6.43. The summed E-state index contributed by atoms with van der Waals surface area (Å²) in [6.07, 6.45) is 1.63. The average molecular weight is 276 g/mol. The summed E-state index contributed by atoms with van der Waals surface area (Å²) in [5.74, 6) is -0.825. The number of nitrogens with one attached hydrogen (secondary N) is 2. The van der Waals surface area contributed by atoms with E-state index in [2.05, 4.69) is 15.5 Å². The molecule has 106 valence electrons. The summed E-state index contributed by atoms with van der Waals surface area (Å²) in [5, 5.41) is 9.25. The number of aryl methyl sites for hydroxylation is 2. The van der Waals surface area contributed by atoms with Crippen LogP contribution < -0.4 is 11.1 Å². The number of anilines is 2. The van der Waals surface area contributed by atoms with E-state index in [1.54, 1.807) is 19.1 Å². The first-order valence-electron chi connectivity index (χ1n) is 6.43. The lowest BCUT2D eigenvalue weighted by molar-refractivity contribution is 0.102. The number of rotatable bonds is 4. The van der Waals surface area contributed by atoms with Gasteiger partial charge in [0, 0.05) is 5.69 Å². The molecule has 0 aliphatic heterocycles. The van der Waals surface area contributed by atoms with Crippen molar-refractivity contribution in [2.24, 2.45) is 0 Å². The molecule has 5 nitrogen and oxygen atoms in total. The fourth-order valence-electron chi connectivity index (χ4n) is 1.86. The van der Waals surface area contributed by atoms with Crippen molar-refractivity contribution in [1.29, 1.82) is 0 Å². The van der Waals surface area contributed by atoms with Crippen LogP contribution in [0.1, 0.15) is 35.1 Å². The maximum Gasteiger partial charge on any atom is 0.278 e. The Kier molecular flexibility index (Phi) is 4.02. The minimum Gasteiger partial charge on any atom is -0.395 e. The van der Waals surface area contributed by atoms with Crippen LogP contribution in [-0.4, -0.2) is 16.1 Å². The van der Waals surface area contributed by atoms with Crippen LogP contribution in [-0.2, 0) is 6.42 Å². The summed E-state index contributed by atoms with van der Waals surface area (Å²) < 4.78 is 13.4. The van der Waals surface area contributed by atoms with Crippen LogP contribution in [0.25, 0.3) is 0 Å². The maximum absolute atomic E-state index is 13.4. The SMILES string of the molecule is CCCc1[nH]nc(C(=O)Nc2ccc(C)c(F)c2)c1N. The van der Waals surface area contributed by atoms with Gasteiger partial charge < -0.3 is 11.1 Å². The van der Waals surface area contributed by atoms with E-state index in [4.69, 9.17) is 5.73 Å². The van der Waals surface area contributed by atoms with E-state index < -0.39 is 5.91 Å². The molecule has 2 rings (SSSR count). The molecule has 0 atom stereocenters. The third-order valence-electron chi connectivity index (χ3n) is 3.03. The van der Waals surface area contributed by atoms with Crippen molar-refractivity contribution in [2.75, 3.05) is 11.1 Å². The zero-order chi connectivity index (χ0) is 14.7. The van der Waals surface area contributed by atoms with E-state index in [1.807, 2.05) is 6.92 Å². The number of H-pyrrole nitrogens is 1. The van der Waals surface area contributed by atoms with E-state index in [0.29, 0.717) is 16.9 Å². The predicted molar refractivity (Wildman–Crippen MR) is 76.1 cm³/mol. The molecule has 1 aromatic carbocycles. The Bertz CT molecular complexity index is 636. The van der Waals surface area contributed by atoms with E-state index >= 15 is 0 Å². The summed E-state index contributed by atoms with van der Waals surface area (Å²) >= 11 is 0. The van der Waals surface area contributed by atoms with Crippen LogP contribution in [0.3, 0.4) is 0 Å². The largest absolute Gasteiger partial charge is 0.395 e. The van der Waals surface area contributed by atoms with Gasteiger partial charge in [0.25, 0.3) is 5.91 Å². The number of hydrogen-bond acceptors (Lipinski definition) is 3. The van der Waals surface area contributed by atoms with Crippen molar-refractivity contribution in [3.05, 3.63) is 41.0 Å². The van der Waals surface area contributed by atoms with Gasteiger partial charge in [0.1, 0.15) is 5.82 Å². The number of aromatic nitrogens is 2. The van der Waals surface area contributed by atoms with Crippen LogP contribution in [0, 0.1) is 12.7 Å². The number of aromatic amines is 1. The monoisotopic (exact) mass is 276 g/mol. The fourth-order valence-corrected chi connectivity index (χ4v) is 1.86. The molecule has 20 heavy (non-hydrogen) atoms. The summed E-state index contributed by atoms with van der Waals surface area (Å²) in [5.41, 5.74) is 7.98. The van der Waals surface area contributed by atoms with Crippen molar-refractivity contribution >= 4 is 17.3 Å². The van der Waals surface area contributed by atoms with Crippen LogP contribution in [0.4, 0.5) is 15.8 Å². The molecule has 0 unspecified atom stereocenters. The Morgan fingerprint density at radius 1 is 1.50 bits per heavy atom. The van der Waals surface area contributed by atoms with Gasteiger partial charge in [-0.3, -0.25) is 9.89 Å². The molecular weight excluding hydrogens is 259 g/mol. The Balaban J connectivity index is 2.17. The zero-order valence-electron chi connectivity index (χ0n) is 11.5. The second-order valence-electron chi connectivity index (χ2n) is 4.63. The Labute approximate surface area is 116 Å². The van der Waals surface area contributed by atoms with E-state index in [0.717, 1.165) is 18.5 Å². The van der Waals surface area contributed by atoms with Gasteiger partial charge in [0.15, 0.2) is 5.69 Å². The number of hydrogen-bond donors (Lipinski definition) is 3. The smallest absolute Gasteiger partial charge is 0.278 e. The lowest BCUT2D eigenvalue weighted by Crippen LogP contribution is -2.14. The predicted octanol–water partition coefficient (Wildman–Crippen LogP) is 2.64. The highest BCUT2D eigenvalue weighted by molar-refractivity contribution is 6.06. The lowest BCUT2D eigenvalue weighted by atomic mass is 10.2. The van der Waals surface area contributed by atoms with E-state index in [9.17, 15) is 9.18 Å². The number of amides is 1. The van der Waals surface area contributed by atoms with Gasteiger partial charge in [-0.15, -0.1) is 0 Å². The molecule has 1 aromatic heterocycles. The number of nitrogens with two attached hydrogens (primary N) is 1. The standard InChI is InChI=1S/C14H17FN4O/c1-3-4-11-12(16)13(19-18-11)14(20)17-9-6-5-8(2)10(15)7-9/h5-7H,3-4,16H2,1-2H3,(H,17,20)(H,18,19). The van der Waals surface area contributed by atoms with Crippen LogP contribution in [0.15, 0.2) is 18.2 Å². The maximum atomic E-state index is 13.4. The highest BCUT2D eigenvalue weighted by Crippen LogP contribution is 2.18. The van der Waals surface area contributed by atoms with Crippen molar-refractivity contribution in [3.63, 3.8) is 0 Å². The van der Waals surface area contributed by atoms with Crippen LogP contribution in [0.2, 0.25) is 0 Å². The van der Waals surface area contributed by atoms with Crippen molar-refractivity contribution in [2.45, 2.75) is 26.7 Å². The number of benzene rings is 1. The molecule has 0 fully saturated rings. The Hall–Kier alpha value is -2.37. The third kappa shape index (κ3) is 2.79. The van der Waals surface area contributed by atoms with Gasteiger partial charge in [0.05, 0.1) is 11.4 Å². The second-order valence-corrected chi connectivity index (χ2v) is 4.63. The van der Waals surface area contributed by atoms with Gasteiger partial charge in [-0.1, -0.05) is 19.4 Å². The average Bonchev–Trinajstić information content (AvgIpc) is 2.76. The molecule has 0 bridgehead atoms. The summed E-state index contributed by atoms with van der Waals surface area (Å²) in [6, 6.07) is 4.50. The van der Waals surface area contributed by atoms with Gasteiger partial charge in [0.2, 0.25) is 0 Å². The van der Waals surface area contributed by atoms with Crippen molar-refractivity contribution < 1.29 is 9.18 Å². The molecular formula is C14H17FN4O. The van der Waals surface area contributed by atoms with Gasteiger partial charge >= 0.3 is 0 Å². The van der Waals surface area contributed by atoms with Gasteiger partial charge in [-0.05, 0) is 31.0 Å². The minimum atomic E-state index is -0.454. The molecule has 1 heterocycles. The highest BCUT2D eigenvalue weighted by atomic mass is 19.1. The van der Waals surface area contributed by atoms with E-state index in [1.165, 1.54) is 6.07 Å². The summed E-state index contributed by atoms with van der Waals surface area (Å²) in [4.78, 5) is 12.1. The molecule has 1 amide bonds. The molecule has 0 aliphatic carbocycles. The van der Waals surface area contributed by atoms with Crippen molar-refractivity contribution in [1.82, 2.24) is 10.2 Å². The topological polar surface area (TPSA) is 83.8 Å². The van der Waals surface area contributed by atoms with Crippen molar-refractivity contribution in [3.8, 4) is 0 Å². The number of carbonyl (C=O) groups excluding carboxylic acids is 1. The number of nitrogens with zero attached hydrogens (tertiary/aromatic N) is 1. The molecule has 4 N–H and O–H groups in total. The highest BCUT2D eigenvalue weighted by Gasteiger charge is 2.17. The van der Waals surface area contributed by atoms with Crippen LogP contribution in [0.5, 0.6) is 0 Å². The molecule has 2 aromatic rings. The van der Waals surface area contributed by atoms with Crippen LogP contribution >= 0.6 is 0 Å². The number of halogens is 1. The second kappa shape index (κ2) is 5.73. The Morgan fingerprint density at radius 3 is 2.90 bits per heavy atom. The zero-order valence-corrected chi connectivity index (χ0v) is 11.5. The number of nitrogen functional groups attached to an aromatic ring is 1. The van der Waals surface area contributed by atoms with Gasteiger partial charge in [-0.2, -0.15) is 5.10 Å². The Morgan fingerprint density at radius 2 is 2.25 bits per heavy atom. The number of carbonyl (C=O) groups is 1. The first kappa shape index (κ1) is 14.0. The lowest BCUT2D eigenvalue weighted by Gasteiger charge is -2.05.